The van der Waals surface area contributed by atoms with E-state index in [1.54, 1.807) is 0 Å². The number of aromatic nitrogens is 1. The summed E-state index contributed by atoms with van der Waals surface area (Å²) in [5, 5.41) is 3.49. The van der Waals surface area contributed by atoms with E-state index in [1.807, 2.05) is 18.0 Å². The van der Waals surface area contributed by atoms with E-state index >= 15 is 0 Å². The van der Waals surface area contributed by atoms with Crippen LogP contribution in [0.4, 0.5) is 5.82 Å². The number of piperazine rings is 1. The molecule has 2 aliphatic heterocycles. The fourth-order valence-electron chi connectivity index (χ4n) is 2.63. The Morgan fingerprint density at radius 3 is 3.24 bits per heavy atom. The van der Waals surface area contributed by atoms with E-state index in [0.717, 1.165) is 19.6 Å². The smallest absolute Gasteiger partial charge is 0.142 e. The van der Waals surface area contributed by atoms with E-state index in [2.05, 4.69) is 24.1 Å². The molecule has 1 N–H and O–H groups in total. The Morgan fingerprint density at radius 2 is 2.35 bits per heavy atom. The van der Waals surface area contributed by atoms with Crippen molar-refractivity contribution in [1.29, 1.82) is 0 Å². The molecule has 4 heteroatoms. The number of rotatable bonds is 0. The Bertz CT molecular complexity index is 433. The van der Waals surface area contributed by atoms with E-state index in [4.69, 9.17) is 4.98 Å². The predicted molar refractivity (Wildman–Crippen MR) is 73.1 cm³/mol. The lowest BCUT2D eigenvalue weighted by atomic mass is 10.1. The number of aryl methyl sites for hydroxylation is 1. The van der Waals surface area contributed by atoms with Crippen LogP contribution in [-0.4, -0.2) is 36.4 Å². The van der Waals surface area contributed by atoms with Crippen molar-refractivity contribution < 1.29 is 0 Å². The molecule has 0 saturated carbocycles. The van der Waals surface area contributed by atoms with Crippen molar-refractivity contribution in [3.63, 3.8) is 0 Å². The third kappa shape index (κ3) is 1.93. The molecule has 0 unspecified atom stereocenters. The van der Waals surface area contributed by atoms with Gasteiger partial charge >= 0.3 is 0 Å². The molecule has 1 saturated heterocycles. The molecule has 1 aromatic rings. The number of nitrogens with one attached hydrogen (secondary N) is 1. The first kappa shape index (κ1) is 11.4. The van der Waals surface area contributed by atoms with Crippen molar-refractivity contribution in [3.8, 4) is 0 Å². The zero-order valence-electron chi connectivity index (χ0n) is 10.5. The largest absolute Gasteiger partial charge is 0.350 e. The van der Waals surface area contributed by atoms with Crippen LogP contribution < -0.4 is 10.2 Å². The first-order valence-corrected chi connectivity index (χ1v) is 7.32. The Labute approximate surface area is 107 Å². The number of pyridine rings is 1. The molecule has 2 aliphatic rings. The topological polar surface area (TPSA) is 28.2 Å². The maximum absolute atomic E-state index is 4.70. The van der Waals surface area contributed by atoms with Crippen molar-refractivity contribution in [2.24, 2.45) is 0 Å². The number of fused-ring (bicyclic) bond motifs is 3. The van der Waals surface area contributed by atoms with E-state index in [9.17, 15) is 0 Å². The summed E-state index contributed by atoms with van der Waals surface area (Å²) >= 11 is 1.98. The van der Waals surface area contributed by atoms with Crippen molar-refractivity contribution in [1.82, 2.24) is 10.3 Å². The van der Waals surface area contributed by atoms with Gasteiger partial charge in [-0.1, -0.05) is 0 Å². The van der Waals surface area contributed by atoms with Gasteiger partial charge in [0.05, 0.1) is 4.90 Å². The van der Waals surface area contributed by atoms with Crippen molar-refractivity contribution >= 4 is 17.6 Å². The van der Waals surface area contributed by atoms with Gasteiger partial charge in [0, 0.05) is 37.6 Å². The zero-order chi connectivity index (χ0) is 11.8. The molecule has 1 fully saturated rings. The minimum Gasteiger partial charge on any atom is -0.350 e. The first-order valence-electron chi connectivity index (χ1n) is 6.33. The fraction of sp³-hybridized carbons (Fsp3) is 0.615. The van der Waals surface area contributed by atoms with Crippen molar-refractivity contribution in [2.45, 2.75) is 31.2 Å². The van der Waals surface area contributed by atoms with Crippen LogP contribution in [0.15, 0.2) is 11.1 Å². The van der Waals surface area contributed by atoms with Gasteiger partial charge in [-0.25, -0.2) is 4.98 Å². The number of thioether (sulfide) groups is 1. The highest BCUT2D eigenvalue weighted by Crippen LogP contribution is 2.38. The molecule has 3 nitrogen and oxygen atoms in total. The minimum absolute atomic E-state index is 0.632. The molecule has 0 radical (unpaired) electrons. The summed E-state index contributed by atoms with van der Waals surface area (Å²) in [7, 11) is 0. The molecule has 1 atom stereocenters. The quantitative estimate of drug-likeness (QED) is 0.761. The van der Waals surface area contributed by atoms with E-state index < -0.39 is 0 Å². The van der Waals surface area contributed by atoms with Crippen molar-refractivity contribution in [2.75, 3.05) is 30.3 Å². The number of hydrogen-bond acceptors (Lipinski definition) is 4. The monoisotopic (exact) mass is 249 g/mol. The molecule has 3 heterocycles. The fourth-order valence-corrected chi connectivity index (χ4v) is 3.90. The Morgan fingerprint density at radius 1 is 1.47 bits per heavy atom. The van der Waals surface area contributed by atoms with Gasteiger partial charge in [-0.3, -0.25) is 0 Å². The lowest BCUT2D eigenvalue weighted by Gasteiger charge is -2.36. The van der Waals surface area contributed by atoms with Gasteiger partial charge in [0.1, 0.15) is 5.82 Å². The van der Waals surface area contributed by atoms with Gasteiger partial charge in [-0.2, -0.15) is 0 Å². The molecule has 92 valence electrons. The van der Waals surface area contributed by atoms with Crippen LogP contribution >= 0.6 is 11.8 Å². The Balaban J connectivity index is 2.06. The number of nitrogens with zero attached hydrogens (tertiary/aromatic N) is 2. The molecule has 0 amide bonds. The van der Waals surface area contributed by atoms with Crippen LogP contribution in [0, 0.1) is 13.8 Å². The summed E-state index contributed by atoms with van der Waals surface area (Å²) in [6.07, 6.45) is 3.28. The molecular formula is C13H19N3S. The van der Waals surface area contributed by atoms with Gasteiger partial charge in [-0.15, -0.1) is 11.8 Å². The highest BCUT2D eigenvalue weighted by atomic mass is 32.2. The third-order valence-electron chi connectivity index (χ3n) is 3.84. The second-order valence-electron chi connectivity index (χ2n) is 4.91. The molecule has 0 spiro atoms. The van der Waals surface area contributed by atoms with Crippen molar-refractivity contribution in [3.05, 3.63) is 17.3 Å². The van der Waals surface area contributed by atoms with E-state index in [1.165, 1.54) is 34.0 Å². The highest BCUT2D eigenvalue weighted by Gasteiger charge is 2.28. The highest BCUT2D eigenvalue weighted by molar-refractivity contribution is 7.99. The summed E-state index contributed by atoms with van der Waals surface area (Å²) in [4.78, 5) is 8.62. The summed E-state index contributed by atoms with van der Waals surface area (Å²) in [5.74, 6) is 2.43. The standard InChI is InChI=1S/C13H19N3S/c1-9-7-15-13-12(10(9)2)17-6-3-11-8-14-4-5-16(11)13/h7,11,14H,3-6,8H2,1-2H3/t11-/m0/s1. The third-order valence-corrected chi connectivity index (χ3v) is 5.05. The average molecular weight is 249 g/mol. The zero-order valence-corrected chi connectivity index (χ0v) is 11.3. The minimum atomic E-state index is 0.632. The van der Waals surface area contributed by atoms with Gasteiger partial charge in [0.15, 0.2) is 0 Å². The number of hydrogen-bond donors (Lipinski definition) is 1. The van der Waals surface area contributed by atoms with Gasteiger partial charge in [0.25, 0.3) is 0 Å². The molecule has 0 aromatic carbocycles. The molecule has 3 rings (SSSR count). The molecule has 17 heavy (non-hydrogen) atoms. The predicted octanol–water partition coefficient (Wildman–Crippen LogP) is 1.97. The SMILES string of the molecule is Cc1cnc2c(c1C)SCC[C@H]1CNCCN21. The maximum atomic E-state index is 4.70. The second kappa shape index (κ2) is 4.50. The van der Waals surface area contributed by atoms with Crippen LogP contribution in [0.25, 0.3) is 0 Å². The maximum Gasteiger partial charge on any atom is 0.142 e. The lowest BCUT2D eigenvalue weighted by Crippen LogP contribution is -2.51. The summed E-state index contributed by atoms with van der Waals surface area (Å²) in [5.41, 5.74) is 2.73. The van der Waals surface area contributed by atoms with Crippen LogP contribution in [-0.2, 0) is 0 Å². The van der Waals surface area contributed by atoms with Gasteiger partial charge < -0.3 is 10.2 Å². The van der Waals surface area contributed by atoms with E-state index in [0.29, 0.717) is 6.04 Å². The Hall–Kier alpha value is -0.740. The summed E-state index contributed by atoms with van der Waals surface area (Å²) < 4.78 is 0. The van der Waals surface area contributed by atoms with Crippen LogP contribution in [0.1, 0.15) is 17.5 Å². The van der Waals surface area contributed by atoms with Gasteiger partial charge in [-0.05, 0) is 31.4 Å². The van der Waals surface area contributed by atoms with Gasteiger partial charge in [0.2, 0.25) is 0 Å². The van der Waals surface area contributed by atoms with Crippen LogP contribution in [0.5, 0.6) is 0 Å². The second-order valence-corrected chi connectivity index (χ2v) is 6.01. The molecule has 0 bridgehead atoms. The van der Waals surface area contributed by atoms with Crippen LogP contribution in [0.3, 0.4) is 0 Å². The summed E-state index contributed by atoms with van der Waals surface area (Å²) in [6.45, 7) is 7.66. The van der Waals surface area contributed by atoms with E-state index in [-0.39, 0.29) is 0 Å². The average Bonchev–Trinajstić information content (AvgIpc) is 2.54. The first-order chi connectivity index (χ1) is 8.27. The molecular weight excluding hydrogens is 230 g/mol. The van der Waals surface area contributed by atoms with Crippen LogP contribution in [0.2, 0.25) is 0 Å². The molecule has 0 aliphatic carbocycles. The lowest BCUT2D eigenvalue weighted by molar-refractivity contribution is 0.465. The summed E-state index contributed by atoms with van der Waals surface area (Å²) in [6, 6.07) is 0.632. The number of anilines is 1. The normalized spacial score (nSPS) is 23.9. The molecule has 1 aromatic heterocycles. The Kier molecular flexibility index (Phi) is 3.01.